The Hall–Kier alpha value is -2.31. The highest BCUT2D eigenvalue weighted by atomic mass is 35.5. The summed E-state index contributed by atoms with van der Waals surface area (Å²) in [6.45, 7) is 6.06. The number of nitrogens with zero attached hydrogens (tertiary/aromatic N) is 3. The summed E-state index contributed by atoms with van der Waals surface area (Å²) in [5, 5.41) is 13.1. The van der Waals surface area contributed by atoms with Crippen LogP contribution < -0.4 is 5.32 Å². The average molecular weight is 415 g/mol. The summed E-state index contributed by atoms with van der Waals surface area (Å²) in [5.41, 5.74) is 3.18. The number of hydrogen-bond donors (Lipinski definition) is 1. The lowest BCUT2D eigenvalue weighted by Crippen LogP contribution is -2.28. The van der Waals surface area contributed by atoms with Crippen LogP contribution in [0.3, 0.4) is 0 Å². The fraction of sp³-hybridized carbons (Fsp3) is 0.286. The Morgan fingerprint density at radius 3 is 2.64 bits per heavy atom. The largest absolute Gasteiger partial charge is 0.349 e. The summed E-state index contributed by atoms with van der Waals surface area (Å²) in [6.07, 6.45) is 0. The number of aryl methyl sites for hydroxylation is 1. The van der Waals surface area contributed by atoms with E-state index in [2.05, 4.69) is 27.6 Å². The standard InChI is InChI=1S/C21H23ClN4OS/c1-14(2)20(27)23-12-19-24-25-21(28-13-16-7-5-4-6-8-16)26(19)18-11-17(22)10-9-15(18)3/h4-11,14H,12-13H2,1-3H3,(H,23,27). The highest BCUT2D eigenvalue weighted by Crippen LogP contribution is 2.28. The monoisotopic (exact) mass is 414 g/mol. The van der Waals surface area contributed by atoms with E-state index >= 15 is 0 Å². The van der Waals surface area contributed by atoms with Gasteiger partial charge in [0.1, 0.15) is 0 Å². The van der Waals surface area contributed by atoms with E-state index in [4.69, 9.17) is 11.6 Å². The summed E-state index contributed by atoms with van der Waals surface area (Å²) < 4.78 is 1.98. The quantitative estimate of drug-likeness (QED) is 0.564. The summed E-state index contributed by atoms with van der Waals surface area (Å²) >= 11 is 7.85. The third kappa shape index (κ3) is 4.94. The zero-order valence-electron chi connectivity index (χ0n) is 16.1. The lowest BCUT2D eigenvalue weighted by Gasteiger charge is -2.14. The van der Waals surface area contributed by atoms with Crippen LogP contribution in [-0.4, -0.2) is 20.7 Å². The molecule has 0 atom stereocenters. The van der Waals surface area contributed by atoms with Gasteiger partial charge in [-0.25, -0.2) is 0 Å². The Morgan fingerprint density at radius 2 is 1.93 bits per heavy atom. The van der Waals surface area contributed by atoms with Crippen molar-refractivity contribution in [1.29, 1.82) is 0 Å². The number of hydrogen-bond acceptors (Lipinski definition) is 4. The van der Waals surface area contributed by atoms with Crippen LogP contribution in [0, 0.1) is 12.8 Å². The molecule has 0 fully saturated rings. The van der Waals surface area contributed by atoms with Crippen molar-refractivity contribution >= 4 is 29.3 Å². The van der Waals surface area contributed by atoms with Crippen molar-refractivity contribution in [3.63, 3.8) is 0 Å². The molecule has 0 spiro atoms. The second-order valence-corrected chi connectivity index (χ2v) is 8.19. The Labute approximate surface area is 174 Å². The Bertz CT molecular complexity index is 956. The summed E-state index contributed by atoms with van der Waals surface area (Å²) in [7, 11) is 0. The maximum Gasteiger partial charge on any atom is 0.222 e. The fourth-order valence-electron chi connectivity index (χ4n) is 2.67. The molecular formula is C21H23ClN4OS. The van der Waals surface area contributed by atoms with Crippen LogP contribution >= 0.6 is 23.4 Å². The molecule has 0 radical (unpaired) electrons. The van der Waals surface area contributed by atoms with Gasteiger partial charge in [0.15, 0.2) is 11.0 Å². The van der Waals surface area contributed by atoms with Gasteiger partial charge < -0.3 is 5.32 Å². The molecule has 0 aliphatic carbocycles. The van der Waals surface area contributed by atoms with Gasteiger partial charge in [0.05, 0.1) is 12.2 Å². The third-order valence-electron chi connectivity index (χ3n) is 4.27. The molecule has 1 aromatic heterocycles. The van der Waals surface area contributed by atoms with Gasteiger partial charge in [0.2, 0.25) is 5.91 Å². The van der Waals surface area contributed by atoms with E-state index in [0.29, 0.717) is 17.4 Å². The van der Waals surface area contributed by atoms with Gasteiger partial charge in [0, 0.05) is 16.7 Å². The smallest absolute Gasteiger partial charge is 0.222 e. The molecular weight excluding hydrogens is 392 g/mol. The normalized spacial score (nSPS) is 11.0. The molecule has 3 aromatic rings. The topological polar surface area (TPSA) is 59.8 Å². The zero-order valence-corrected chi connectivity index (χ0v) is 17.7. The number of benzene rings is 2. The molecule has 1 heterocycles. The molecule has 2 aromatic carbocycles. The molecule has 28 heavy (non-hydrogen) atoms. The molecule has 1 N–H and O–H groups in total. The molecule has 0 bridgehead atoms. The highest BCUT2D eigenvalue weighted by molar-refractivity contribution is 7.98. The van der Waals surface area contributed by atoms with E-state index in [1.54, 1.807) is 11.8 Å². The van der Waals surface area contributed by atoms with Crippen molar-refractivity contribution in [2.45, 2.75) is 38.2 Å². The average Bonchev–Trinajstić information content (AvgIpc) is 3.09. The van der Waals surface area contributed by atoms with E-state index < -0.39 is 0 Å². The van der Waals surface area contributed by atoms with Gasteiger partial charge in [0.25, 0.3) is 0 Å². The number of halogens is 1. The predicted molar refractivity (Wildman–Crippen MR) is 114 cm³/mol. The molecule has 0 aliphatic heterocycles. The zero-order chi connectivity index (χ0) is 20.1. The molecule has 0 unspecified atom stereocenters. The fourth-order valence-corrected chi connectivity index (χ4v) is 3.75. The van der Waals surface area contributed by atoms with Crippen LogP contribution in [0.1, 0.15) is 30.8 Å². The van der Waals surface area contributed by atoms with Gasteiger partial charge in [-0.05, 0) is 30.2 Å². The molecule has 0 saturated heterocycles. The van der Waals surface area contributed by atoms with Crippen molar-refractivity contribution in [2.24, 2.45) is 5.92 Å². The predicted octanol–water partition coefficient (Wildman–Crippen LogP) is 4.79. The van der Waals surface area contributed by atoms with Crippen molar-refractivity contribution in [3.8, 4) is 5.69 Å². The second-order valence-electron chi connectivity index (χ2n) is 6.81. The van der Waals surface area contributed by atoms with Gasteiger partial charge >= 0.3 is 0 Å². The number of amides is 1. The minimum atomic E-state index is -0.0868. The maximum absolute atomic E-state index is 12.0. The molecule has 0 saturated carbocycles. The minimum absolute atomic E-state index is 0.0177. The lowest BCUT2D eigenvalue weighted by atomic mass is 10.2. The van der Waals surface area contributed by atoms with Crippen molar-refractivity contribution in [3.05, 3.63) is 70.5 Å². The van der Waals surface area contributed by atoms with E-state index in [9.17, 15) is 4.79 Å². The van der Waals surface area contributed by atoms with E-state index in [1.807, 2.05) is 61.7 Å². The second kappa shape index (κ2) is 9.26. The van der Waals surface area contributed by atoms with Gasteiger partial charge in [-0.15, -0.1) is 10.2 Å². The first-order valence-electron chi connectivity index (χ1n) is 9.11. The van der Waals surface area contributed by atoms with E-state index in [1.165, 1.54) is 5.56 Å². The van der Waals surface area contributed by atoms with Crippen molar-refractivity contribution in [2.75, 3.05) is 0 Å². The number of rotatable bonds is 7. The summed E-state index contributed by atoms with van der Waals surface area (Å²) in [4.78, 5) is 12.0. The summed E-state index contributed by atoms with van der Waals surface area (Å²) in [6, 6.07) is 16.0. The highest BCUT2D eigenvalue weighted by Gasteiger charge is 2.18. The minimum Gasteiger partial charge on any atom is -0.349 e. The first kappa shape index (κ1) is 20.4. The third-order valence-corrected chi connectivity index (χ3v) is 5.50. The van der Waals surface area contributed by atoms with Crippen LogP contribution in [0.25, 0.3) is 5.69 Å². The van der Waals surface area contributed by atoms with E-state index in [0.717, 1.165) is 22.2 Å². The number of nitrogens with one attached hydrogen (secondary N) is 1. The van der Waals surface area contributed by atoms with Gasteiger partial charge in [-0.1, -0.05) is 73.6 Å². The maximum atomic E-state index is 12.0. The van der Waals surface area contributed by atoms with Gasteiger partial charge in [-0.3, -0.25) is 9.36 Å². The first-order chi connectivity index (χ1) is 13.5. The summed E-state index contributed by atoms with van der Waals surface area (Å²) in [5.74, 6) is 1.35. The first-order valence-corrected chi connectivity index (χ1v) is 10.5. The molecule has 146 valence electrons. The number of carbonyl (C=O) groups is 1. The number of carbonyl (C=O) groups excluding carboxylic acids is 1. The van der Waals surface area contributed by atoms with Gasteiger partial charge in [-0.2, -0.15) is 0 Å². The Kier molecular flexibility index (Phi) is 6.75. The van der Waals surface area contributed by atoms with Crippen molar-refractivity contribution < 1.29 is 4.79 Å². The number of aromatic nitrogens is 3. The SMILES string of the molecule is Cc1ccc(Cl)cc1-n1c(CNC(=O)C(C)C)nnc1SCc1ccccc1. The Morgan fingerprint density at radius 1 is 1.18 bits per heavy atom. The van der Waals surface area contributed by atoms with Crippen molar-refractivity contribution in [1.82, 2.24) is 20.1 Å². The molecule has 0 aliphatic rings. The molecule has 7 heteroatoms. The molecule has 1 amide bonds. The van der Waals surface area contributed by atoms with Crippen LogP contribution in [-0.2, 0) is 17.1 Å². The number of thioether (sulfide) groups is 1. The lowest BCUT2D eigenvalue weighted by molar-refractivity contribution is -0.124. The van der Waals surface area contributed by atoms with E-state index in [-0.39, 0.29) is 11.8 Å². The van der Waals surface area contributed by atoms with Crippen LogP contribution in [0.5, 0.6) is 0 Å². The Balaban J connectivity index is 1.93. The van der Waals surface area contributed by atoms with Crippen LogP contribution in [0.4, 0.5) is 0 Å². The molecule has 3 rings (SSSR count). The van der Waals surface area contributed by atoms with Crippen LogP contribution in [0.2, 0.25) is 5.02 Å². The molecule has 5 nitrogen and oxygen atoms in total. The van der Waals surface area contributed by atoms with Crippen LogP contribution in [0.15, 0.2) is 53.7 Å².